The normalized spacial score (nSPS) is 11.9. The molecule has 11 nitrogen and oxygen atoms in total. The van der Waals surface area contributed by atoms with Gasteiger partial charge >= 0.3 is 0 Å². The molecule has 0 spiro atoms. The molecule has 0 aliphatic rings. The highest BCUT2D eigenvalue weighted by molar-refractivity contribution is 9.10. The van der Waals surface area contributed by atoms with E-state index in [0.29, 0.717) is 22.9 Å². The van der Waals surface area contributed by atoms with Gasteiger partial charge in [0.05, 0.1) is 17.3 Å². The summed E-state index contributed by atoms with van der Waals surface area (Å²) in [6.45, 7) is 1.22. The quantitative estimate of drug-likeness (QED) is 0.0697. The lowest BCUT2D eigenvalue weighted by Gasteiger charge is -2.17. The minimum absolute atomic E-state index is 0.0470. The van der Waals surface area contributed by atoms with Crippen LogP contribution in [0.3, 0.4) is 0 Å². The maximum atomic E-state index is 13.2. The topological polar surface area (TPSA) is 177 Å². The number of hydrogen-bond donors (Lipinski definition) is 3. The van der Waals surface area contributed by atoms with Crippen molar-refractivity contribution in [3.8, 4) is 0 Å². The summed E-state index contributed by atoms with van der Waals surface area (Å²) in [5.74, 6) is -4.67. The molecule has 0 radical (unpaired) electrons. The number of nitrogens with one attached hydrogen (secondary N) is 2. The summed E-state index contributed by atoms with van der Waals surface area (Å²) in [5, 5.41) is 9.31. The molecule has 40 heavy (non-hydrogen) atoms. The molecule has 0 fully saturated rings. The third kappa shape index (κ3) is 7.96. The van der Waals surface area contributed by atoms with Crippen LogP contribution < -0.4 is 16.4 Å². The molecule has 4 N–H and O–H groups in total. The van der Waals surface area contributed by atoms with Gasteiger partial charge in [-0.2, -0.15) is 0 Å². The molecule has 1 atom stereocenters. The molecule has 0 aliphatic carbocycles. The van der Waals surface area contributed by atoms with E-state index in [4.69, 9.17) is 5.73 Å². The number of Topliss-reactive ketones (excluding diaryl/α,β-unsaturated/α-hetero) is 3. The van der Waals surface area contributed by atoms with Gasteiger partial charge in [-0.1, -0.05) is 46.3 Å². The Bertz CT molecular complexity index is 1520. The lowest BCUT2D eigenvalue weighted by Crippen LogP contribution is -2.46. The van der Waals surface area contributed by atoms with Crippen molar-refractivity contribution in [1.29, 1.82) is 0 Å². The van der Waals surface area contributed by atoms with Crippen molar-refractivity contribution < 1.29 is 24.0 Å². The summed E-state index contributed by atoms with van der Waals surface area (Å²) in [5.41, 5.74) is 5.55. The molecule has 12 heteroatoms. The zero-order chi connectivity index (χ0) is 29.2. The van der Waals surface area contributed by atoms with E-state index in [9.17, 15) is 28.9 Å². The molecule has 0 saturated heterocycles. The number of nitrogens with two attached hydrogens (primary N) is 1. The van der Waals surface area contributed by atoms with Gasteiger partial charge in [0.1, 0.15) is 0 Å². The summed E-state index contributed by atoms with van der Waals surface area (Å²) >= 11 is 3.27. The summed E-state index contributed by atoms with van der Waals surface area (Å²) in [4.78, 5) is 77.2. The molecule has 1 unspecified atom stereocenters. The fourth-order valence-corrected chi connectivity index (χ4v) is 4.24. The summed E-state index contributed by atoms with van der Waals surface area (Å²) in [7, 11) is 0. The molecule has 0 bridgehead atoms. The lowest BCUT2D eigenvalue weighted by molar-refractivity contribution is -0.137. The first kappa shape index (κ1) is 30.0. The summed E-state index contributed by atoms with van der Waals surface area (Å²) in [6, 6.07) is 15.9. The van der Waals surface area contributed by atoms with Crippen LogP contribution in [0.4, 0.5) is 5.69 Å². The predicted octanol–water partition coefficient (Wildman–Crippen LogP) is 3.93. The average Bonchev–Trinajstić information content (AvgIpc) is 2.95. The minimum atomic E-state index is -1.25. The SMILES string of the molecule is CC(=O)C(=O)C(CCCCN=C(N)N=O)NC(=O)C(=O)c1cc(Br)ccc1NC(=O)c1ccc2ccccc2c1. The zero-order valence-corrected chi connectivity index (χ0v) is 23.1. The van der Waals surface area contributed by atoms with Crippen LogP contribution in [0, 0.1) is 4.91 Å². The molecule has 3 aromatic rings. The number of rotatable bonds is 12. The number of nitrogens with zero attached hydrogens (tertiary/aromatic N) is 2. The Hall–Kier alpha value is -4.58. The maximum absolute atomic E-state index is 13.2. The highest BCUT2D eigenvalue weighted by Gasteiger charge is 2.28. The van der Waals surface area contributed by atoms with E-state index in [0.717, 1.165) is 17.7 Å². The Morgan fingerprint density at radius 3 is 2.38 bits per heavy atom. The molecular formula is C28H26BrN5O6. The number of aliphatic imine (C=N–C) groups is 1. The monoisotopic (exact) mass is 607 g/mol. The summed E-state index contributed by atoms with van der Waals surface area (Å²) < 4.78 is 0.480. The van der Waals surface area contributed by atoms with E-state index in [2.05, 4.69) is 36.7 Å². The number of halogens is 1. The number of benzene rings is 3. The Kier molecular flexibility index (Phi) is 10.5. The number of nitroso groups, excluding NO2 is 1. The van der Waals surface area contributed by atoms with Crippen LogP contribution in [-0.2, 0) is 14.4 Å². The van der Waals surface area contributed by atoms with Crippen molar-refractivity contribution >= 4 is 67.5 Å². The number of anilines is 1. The van der Waals surface area contributed by atoms with Crippen LogP contribution in [-0.4, -0.2) is 47.7 Å². The number of fused-ring (bicyclic) bond motifs is 1. The van der Waals surface area contributed by atoms with Crippen LogP contribution in [0.15, 0.2) is 75.3 Å². The van der Waals surface area contributed by atoms with Crippen LogP contribution in [0.1, 0.15) is 46.9 Å². The fraction of sp³-hybridized carbons (Fsp3) is 0.214. The summed E-state index contributed by atoms with van der Waals surface area (Å²) in [6.07, 6.45) is 0.765. The molecule has 206 valence electrons. The highest BCUT2D eigenvalue weighted by Crippen LogP contribution is 2.24. The predicted molar refractivity (Wildman–Crippen MR) is 154 cm³/mol. The van der Waals surface area contributed by atoms with Crippen LogP contribution in [0.25, 0.3) is 10.8 Å². The Morgan fingerprint density at radius 2 is 1.68 bits per heavy atom. The van der Waals surface area contributed by atoms with E-state index in [1.807, 2.05) is 24.3 Å². The van der Waals surface area contributed by atoms with Crippen LogP contribution in [0.5, 0.6) is 0 Å². The first-order valence-electron chi connectivity index (χ1n) is 12.2. The largest absolute Gasteiger partial charge is 0.365 e. The zero-order valence-electron chi connectivity index (χ0n) is 21.5. The third-order valence-corrected chi connectivity index (χ3v) is 6.42. The number of unbranched alkanes of at least 4 members (excludes halogenated alkanes) is 1. The van der Waals surface area contributed by atoms with Gasteiger partial charge in [0.25, 0.3) is 23.6 Å². The van der Waals surface area contributed by atoms with E-state index in [-0.39, 0.29) is 24.2 Å². The van der Waals surface area contributed by atoms with Crippen molar-refractivity contribution in [2.24, 2.45) is 15.9 Å². The molecule has 2 amide bonds. The lowest BCUT2D eigenvalue weighted by atomic mass is 10.0. The average molecular weight is 608 g/mol. The molecule has 3 rings (SSSR count). The minimum Gasteiger partial charge on any atom is -0.365 e. The van der Waals surface area contributed by atoms with E-state index >= 15 is 0 Å². The van der Waals surface area contributed by atoms with E-state index < -0.39 is 41.2 Å². The van der Waals surface area contributed by atoms with Crippen molar-refractivity contribution in [2.45, 2.75) is 32.2 Å². The number of carbonyl (C=O) groups excluding carboxylic acids is 5. The van der Waals surface area contributed by atoms with Gasteiger partial charge in [0.15, 0.2) is 5.78 Å². The number of guanidine groups is 1. The van der Waals surface area contributed by atoms with Gasteiger partial charge in [-0.3, -0.25) is 24.0 Å². The van der Waals surface area contributed by atoms with Crippen LogP contribution >= 0.6 is 15.9 Å². The van der Waals surface area contributed by atoms with E-state index in [1.165, 1.54) is 12.1 Å². The van der Waals surface area contributed by atoms with E-state index in [1.54, 1.807) is 24.3 Å². The van der Waals surface area contributed by atoms with Crippen molar-refractivity contribution in [3.05, 3.63) is 81.2 Å². The fourth-order valence-electron chi connectivity index (χ4n) is 3.88. The molecule has 0 aliphatic heterocycles. The maximum Gasteiger partial charge on any atom is 0.293 e. The van der Waals surface area contributed by atoms with Gasteiger partial charge in [-0.25, -0.2) is 4.99 Å². The Labute approximate surface area is 237 Å². The molecule has 3 aromatic carbocycles. The second kappa shape index (κ2) is 14.0. The Morgan fingerprint density at radius 1 is 0.950 bits per heavy atom. The standard InChI is InChI=1S/C28H26BrN5O6/c1-16(35)24(36)23(8-4-5-13-31-28(30)34-40)33-27(39)25(37)21-15-20(29)11-12-22(21)32-26(38)19-10-9-17-6-2-3-7-18(17)14-19/h2-3,6-7,9-12,14-15,23H,4-5,8,13H2,1H3,(H2,30,31)(H,32,38)(H,33,39). The van der Waals surface area contributed by atoms with Crippen molar-refractivity contribution in [2.75, 3.05) is 11.9 Å². The second-order valence-corrected chi connectivity index (χ2v) is 9.72. The first-order valence-corrected chi connectivity index (χ1v) is 13.0. The highest BCUT2D eigenvalue weighted by atomic mass is 79.9. The van der Waals surface area contributed by atoms with Crippen molar-refractivity contribution in [3.63, 3.8) is 0 Å². The number of carbonyl (C=O) groups is 5. The van der Waals surface area contributed by atoms with Crippen molar-refractivity contribution in [1.82, 2.24) is 5.32 Å². The molecule has 0 heterocycles. The third-order valence-electron chi connectivity index (χ3n) is 5.93. The van der Waals surface area contributed by atoms with Gasteiger partial charge in [-0.15, -0.1) is 4.91 Å². The first-order chi connectivity index (χ1) is 19.1. The molecule has 0 saturated carbocycles. The van der Waals surface area contributed by atoms with Gasteiger partial charge < -0.3 is 16.4 Å². The van der Waals surface area contributed by atoms with Crippen LogP contribution in [0.2, 0.25) is 0 Å². The number of hydrogen-bond acceptors (Lipinski definition) is 7. The molecular weight excluding hydrogens is 582 g/mol. The number of ketones is 3. The Balaban J connectivity index is 1.76. The number of amides is 2. The van der Waals surface area contributed by atoms with Gasteiger partial charge in [0.2, 0.25) is 5.78 Å². The van der Waals surface area contributed by atoms with Gasteiger partial charge in [-0.05, 0) is 60.4 Å². The smallest absolute Gasteiger partial charge is 0.293 e. The second-order valence-electron chi connectivity index (χ2n) is 8.81. The van der Waals surface area contributed by atoms with Gasteiger partial charge in [0, 0.05) is 28.7 Å². The molecule has 0 aromatic heterocycles.